The van der Waals surface area contributed by atoms with Crippen LogP contribution in [0.2, 0.25) is 8.35 Å². The molecule has 1 radical (unpaired) electrons. The van der Waals surface area contributed by atoms with Crippen LogP contribution in [0.1, 0.15) is 13.8 Å². The first-order valence-corrected chi connectivity index (χ1v) is 6.89. The molecule has 0 nitrogen and oxygen atoms in total. The Labute approximate surface area is 68.5 Å². The molecule has 0 aliphatic carbocycles. The minimum atomic E-state index is 0. The summed E-state index contributed by atoms with van der Waals surface area (Å²) in [6, 6.07) is 0. The van der Waals surface area contributed by atoms with Crippen LogP contribution < -0.4 is 0 Å². The van der Waals surface area contributed by atoms with Crippen molar-refractivity contribution in [3.8, 4) is 0 Å². The summed E-state index contributed by atoms with van der Waals surface area (Å²) in [4.78, 5) is 0. The van der Waals surface area contributed by atoms with Crippen LogP contribution in [0.4, 0.5) is 0 Å². The van der Waals surface area contributed by atoms with Crippen molar-refractivity contribution in [3.05, 3.63) is 0 Å². The SMILES string of the molecule is C[CH2][In][CH2]C.I. The van der Waals surface area contributed by atoms with Crippen LogP contribution in [-0.2, 0) is 0 Å². The predicted molar refractivity (Wildman–Crippen MR) is 42.1 cm³/mol. The van der Waals surface area contributed by atoms with Crippen molar-refractivity contribution in [1.82, 2.24) is 0 Å². The van der Waals surface area contributed by atoms with E-state index in [4.69, 9.17) is 0 Å². The third-order valence-corrected chi connectivity index (χ3v) is 3.87. The maximum absolute atomic E-state index is 2.30. The second kappa shape index (κ2) is 9.78. The van der Waals surface area contributed by atoms with E-state index in [9.17, 15) is 0 Å². The molecule has 0 spiro atoms. The Morgan fingerprint density at radius 2 is 1.50 bits per heavy atom. The van der Waals surface area contributed by atoms with Crippen LogP contribution >= 0.6 is 24.0 Å². The van der Waals surface area contributed by atoms with Crippen molar-refractivity contribution in [1.29, 1.82) is 0 Å². The number of rotatable bonds is 2. The van der Waals surface area contributed by atoms with Gasteiger partial charge in [0.1, 0.15) is 0 Å². The first-order chi connectivity index (χ1) is 2.41. The Kier molecular flexibility index (Phi) is 17.2. The zero-order chi connectivity index (χ0) is 4.12. The molecule has 0 bridgehead atoms. The minimum Gasteiger partial charge on any atom is -0.107 e. The van der Waals surface area contributed by atoms with Crippen LogP contribution in [0.25, 0.3) is 0 Å². The van der Waals surface area contributed by atoms with Gasteiger partial charge in [0, 0.05) is 0 Å². The third-order valence-electron chi connectivity index (χ3n) is 0.577. The molecule has 2 heteroatoms. The Morgan fingerprint density at radius 1 is 1.17 bits per heavy atom. The molecule has 37 valence electrons. The van der Waals surface area contributed by atoms with Crippen LogP contribution in [0.5, 0.6) is 0 Å². The van der Waals surface area contributed by atoms with E-state index < -0.39 is 0 Å². The van der Waals surface area contributed by atoms with E-state index in [-0.39, 0.29) is 46.9 Å². The molecule has 0 atom stereocenters. The first-order valence-electron chi connectivity index (χ1n) is 2.23. The summed E-state index contributed by atoms with van der Waals surface area (Å²) in [7, 11) is 0. The molecule has 0 aromatic rings. The van der Waals surface area contributed by atoms with Crippen molar-refractivity contribution in [2.24, 2.45) is 0 Å². The van der Waals surface area contributed by atoms with Gasteiger partial charge in [0.05, 0.1) is 0 Å². The summed E-state index contributed by atoms with van der Waals surface area (Å²) in [5.41, 5.74) is 0. The summed E-state index contributed by atoms with van der Waals surface area (Å²) in [5, 5.41) is 0. The maximum atomic E-state index is 2.30. The fraction of sp³-hybridized carbons (Fsp3) is 1.00. The normalized spacial score (nSPS) is 6.33. The smallest absolute Gasteiger partial charge is 0.107 e. The molecule has 0 N–H and O–H groups in total. The van der Waals surface area contributed by atoms with Gasteiger partial charge in [-0.2, -0.15) is 0 Å². The number of hydrogen-bond acceptors (Lipinski definition) is 0. The van der Waals surface area contributed by atoms with Gasteiger partial charge in [-0.15, -0.1) is 24.0 Å². The van der Waals surface area contributed by atoms with E-state index in [0.29, 0.717) is 0 Å². The largest absolute Gasteiger partial charge is 0.107 e. The molecule has 0 saturated carbocycles. The quantitative estimate of drug-likeness (QED) is 0.686. The molecule has 0 rings (SSSR count). The molecule has 0 aliphatic heterocycles. The van der Waals surface area contributed by atoms with E-state index in [0.717, 1.165) is 0 Å². The zero-order valence-electron chi connectivity index (χ0n) is 4.40. The minimum absolute atomic E-state index is 0. The van der Waals surface area contributed by atoms with Crippen LogP contribution in [0, 0.1) is 0 Å². The van der Waals surface area contributed by atoms with Crippen LogP contribution in [0.15, 0.2) is 0 Å². The average molecular weight is 301 g/mol. The number of hydrogen-bond donors (Lipinski definition) is 0. The van der Waals surface area contributed by atoms with Gasteiger partial charge >= 0.3 is 45.1 Å². The molecule has 6 heavy (non-hydrogen) atoms. The molecule has 0 saturated heterocycles. The standard InChI is InChI=1S/2C2H5.HI.In/c2*1-2;;/h2*1H2,2H3;1H;. The van der Waals surface area contributed by atoms with Gasteiger partial charge in [0.2, 0.25) is 0 Å². The van der Waals surface area contributed by atoms with Crippen molar-refractivity contribution in [3.63, 3.8) is 0 Å². The van der Waals surface area contributed by atoms with Crippen molar-refractivity contribution < 1.29 is 0 Å². The summed E-state index contributed by atoms with van der Waals surface area (Å²) >= 11 is 0.0800. The topological polar surface area (TPSA) is 0 Å². The molecule has 0 fully saturated rings. The first kappa shape index (κ1) is 10.6. The van der Waals surface area contributed by atoms with Gasteiger partial charge in [-0.3, -0.25) is 0 Å². The number of halogens is 1. The molecule has 0 unspecified atom stereocenters. The monoisotopic (exact) mass is 301 g/mol. The molecule has 0 aliphatic rings. The van der Waals surface area contributed by atoms with Crippen molar-refractivity contribution >= 4 is 46.9 Å². The predicted octanol–water partition coefficient (Wildman–Crippen LogP) is 2.19. The molecular weight excluding hydrogens is 290 g/mol. The van der Waals surface area contributed by atoms with Crippen LogP contribution in [-0.4, -0.2) is 22.9 Å². The zero-order valence-corrected chi connectivity index (χ0v) is 10.0. The summed E-state index contributed by atoms with van der Waals surface area (Å²) in [6.45, 7) is 4.59. The second-order valence-electron chi connectivity index (χ2n) is 1.11. The fourth-order valence-electron chi connectivity index (χ4n) is 0.289. The molecule has 0 aromatic heterocycles. The van der Waals surface area contributed by atoms with E-state index in [1.165, 1.54) is 8.35 Å². The van der Waals surface area contributed by atoms with E-state index >= 15 is 0 Å². The molecule has 0 heterocycles. The van der Waals surface area contributed by atoms with Gasteiger partial charge in [-0.1, -0.05) is 0 Å². The molecule has 0 amide bonds. The Morgan fingerprint density at radius 3 is 1.50 bits per heavy atom. The Hall–Kier alpha value is 1.60. The summed E-state index contributed by atoms with van der Waals surface area (Å²) < 4.78 is 3.07. The summed E-state index contributed by atoms with van der Waals surface area (Å²) in [6.07, 6.45) is 0. The van der Waals surface area contributed by atoms with E-state index in [1.807, 2.05) is 0 Å². The summed E-state index contributed by atoms with van der Waals surface area (Å²) in [5.74, 6) is 0. The van der Waals surface area contributed by atoms with Gasteiger partial charge in [0.25, 0.3) is 0 Å². The van der Waals surface area contributed by atoms with E-state index in [2.05, 4.69) is 13.8 Å². The van der Waals surface area contributed by atoms with Crippen molar-refractivity contribution in [2.75, 3.05) is 0 Å². The van der Waals surface area contributed by atoms with Gasteiger partial charge < -0.3 is 0 Å². The molecular formula is C4H11IIn. The Balaban J connectivity index is 0. The van der Waals surface area contributed by atoms with Crippen molar-refractivity contribution in [2.45, 2.75) is 22.2 Å². The second-order valence-corrected chi connectivity index (χ2v) is 7.41. The Bertz CT molecular complexity index is 15.0. The van der Waals surface area contributed by atoms with Gasteiger partial charge in [-0.05, 0) is 0 Å². The fourth-order valence-corrected chi connectivity index (χ4v) is 1.94. The third kappa shape index (κ3) is 9.14. The van der Waals surface area contributed by atoms with E-state index in [1.54, 1.807) is 0 Å². The van der Waals surface area contributed by atoms with Gasteiger partial charge in [0.15, 0.2) is 0 Å². The van der Waals surface area contributed by atoms with Crippen LogP contribution in [0.3, 0.4) is 0 Å². The average Bonchev–Trinajstić information content (AvgIpc) is 1.41. The van der Waals surface area contributed by atoms with Gasteiger partial charge in [-0.25, -0.2) is 0 Å². The maximum Gasteiger partial charge on any atom is -0.107 e. The molecule has 0 aromatic carbocycles.